The minimum Gasteiger partial charge on any atom is -0.478 e. The van der Waals surface area contributed by atoms with Crippen LogP contribution in [-0.2, 0) is 4.79 Å². The van der Waals surface area contributed by atoms with Crippen molar-refractivity contribution >= 4 is 34.6 Å². The molecule has 112 valence electrons. The summed E-state index contributed by atoms with van der Waals surface area (Å²) in [5.41, 5.74) is 0.780. The number of aromatic carboxylic acids is 1. The zero-order chi connectivity index (χ0) is 15.4. The first-order valence-electron chi connectivity index (χ1n) is 6.65. The molecule has 2 amide bonds. The fraction of sp³-hybridized carbons (Fsp3) is 0.357. The molecule has 0 unspecified atom stereocenters. The van der Waals surface area contributed by atoms with E-state index in [1.165, 1.54) is 17.0 Å². The summed E-state index contributed by atoms with van der Waals surface area (Å²) in [7, 11) is 0. The summed E-state index contributed by atoms with van der Waals surface area (Å²) in [5, 5.41) is 10.9. The van der Waals surface area contributed by atoms with Gasteiger partial charge >= 0.3 is 5.97 Å². The van der Waals surface area contributed by atoms with Crippen LogP contribution < -0.4 is 5.32 Å². The van der Waals surface area contributed by atoms with Gasteiger partial charge in [0.25, 0.3) is 11.1 Å². The van der Waals surface area contributed by atoms with Gasteiger partial charge in [0.05, 0.1) is 5.56 Å². The quantitative estimate of drug-likeness (QED) is 0.840. The van der Waals surface area contributed by atoms with Crippen LogP contribution in [-0.4, -0.2) is 39.0 Å². The lowest BCUT2D eigenvalue weighted by atomic mass is 10.2. The van der Waals surface area contributed by atoms with Crippen LogP contribution in [0.2, 0.25) is 0 Å². The topological polar surface area (TPSA) is 86.7 Å². The largest absolute Gasteiger partial charge is 0.478 e. The molecule has 1 atom stereocenters. The van der Waals surface area contributed by atoms with Gasteiger partial charge in [-0.05, 0) is 42.4 Å². The normalized spacial score (nSPS) is 18.1. The Morgan fingerprint density at radius 2 is 2.00 bits per heavy atom. The third-order valence-electron chi connectivity index (χ3n) is 3.09. The second-order valence-electron chi connectivity index (χ2n) is 4.63. The molecule has 0 spiro atoms. The van der Waals surface area contributed by atoms with Gasteiger partial charge < -0.3 is 10.4 Å². The van der Waals surface area contributed by atoms with Gasteiger partial charge in [0.2, 0.25) is 0 Å². The monoisotopic (exact) mass is 308 g/mol. The summed E-state index contributed by atoms with van der Waals surface area (Å²) in [6, 6.07) is 6.06. The van der Waals surface area contributed by atoms with Crippen LogP contribution in [0.25, 0.3) is 0 Å². The molecule has 1 aromatic carbocycles. The van der Waals surface area contributed by atoms with E-state index < -0.39 is 11.3 Å². The number of anilines is 1. The van der Waals surface area contributed by atoms with Gasteiger partial charge in [-0.2, -0.15) is 0 Å². The Balaban J connectivity index is 2.01. The maximum absolute atomic E-state index is 12.1. The molecule has 1 fully saturated rings. The first-order valence-corrected chi connectivity index (χ1v) is 7.52. The van der Waals surface area contributed by atoms with Gasteiger partial charge in [0.15, 0.2) is 5.37 Å². The van der Waals surface area contributed by atoms with Crippen LogP contribution in [0.5, 0.6) is 0 Å². The van der Waals surface area contributed by atoms with Crippen LogP contribution in [0, 0.1) is 0 Å². The van der Waals surface area contributed by atoms with Gasteiger partial charge in [0.1, 0.15) is 0 Å². The van der Waals surface area contributed by atoms with Crippen molar-refractivity contribution in [2.45, 2.75) is 25.1 Å². The Morgan fingerprint density at radius 1 is 1.33 bits per heavy atom. The van der Waals surface area contributed by atoms with E-state index >= 15 is 0 Å². The zero-order valence-electron chi connectivity index (χ0n) is 11.5. The Labute approximate surface area is 126 Å². The number of thioether (sulfide) groups is 1. The van der Waals surface area contributed by atoms with Crippen LogP contribution in [0.3, 0.4) is 0 Å². The molecule has 1 heterocycles. The number of carbonyl (C=O) groups is 3. The van der Waals surface area contributed by atoms with E-state index in [2.05, 4.69) is 5.32 Å². The molecule has 1 saturated heterocycles. The molecule has 2 N–H and O–H groups in total. The van der Waals surface area contributed by atoms with E-state index in [-0.39, 0.29) is 16.7 Å². The summed E-state index contributed by atoms with van der Waals surface area (Å²) in [6.07, 6.45) is 1.70. The molecule has 1 aromatic rings. The van der Waals surface area contributed by atoms with E-state index in [4.69, 9.17) is 5.11 Å². The van der Waals surface area contributed by atoms with E-state index in [9.17, 15) is 14.4 Å². The highest BCUT2D eigenvalue weighted by Gasteiger charge is 2.39. The molecule has 0 radical (unpaired) electrons. The van der Waals surface area contributed by atoms with Crippen molar-refractivity contribution in [2.24, 2.45) is 0 Å². The summed E-state index contributed by atoms with van der Waals surface area (Å²) in [5.74, 6) is -1.26. The second-order valence-corrected chi connectivity index (χ2v) is 5.69. The smallest absolute Gasteiger partial charge is 0.335 e. The highest BCUT2D eigenvalue weighted by atomic mass is 32.2. The number of carbonyl (C=O) groups excluding carboxylic acids is 2. The third kappa shape index (κ3) is 3.55. The minimum absolute atomic E-state index is 0.173. The number of imide groups is 1. The molecule has 1 aliphatic rings. The number of unbranched alkanes of at least 4 members (excludes halogenated alkanes) is 1. The van der Waals surface area contributed by atoms with Crippen molar-refractivity contribution in [3.63, 3.8) is 0 Å². The van der Waals surface area contributed by atoms with Crippen molar-refractivity contribution in [3.05, 3.63) is 29.8 Å². The second kappa shape index (κ2) is 6.62. The van der Waals surface area contributed by atoms with Crippen LogP contribution in [0.4, 0.5) is 10.5 Å². The van der Waals surface area contributed by atoms with E-state index in [1.807, 2.05) is 6.92 Å². The van der Waals surface area contributed by atoms with Crippen LogP contribution in [0.15, 0.2) is 24.3 Å². The van der Waals surface area contributed by atoms with Crippen molar-refractivity contribution in [3.8, 4) is 0 Å². The molecule has 6 nitrogen and oxygen atoms in total. The number of nitrogens with one attached hydrogen (secondary N) is 1. The molecular formula is C14H16N2O4S. The van der Waals surface area contributed by atoms with Gasteiger partial charge in [-0.1, -0.05) is 13.3 Å². The lowest BCUT2D eigenvalue weighted by Crippen LogP contribution is -2.35. The first kappa shape index (κ1) is 15.4. The van der Waals surface area contributed by atoms with Gasteiger partial charge in [0, 0.05) is 12.2 Å². The van der Waals surface area contributed by atoms with Gasteiger partial charge in [-0.25, -0.2) is 4.79 Å². The fourth-order valence-corrected chi connectivity index (χ4v) is 2.85. The Morgan fingerprint density at radius 3 is 2.57 bits per heavy atom. The maximum atomic E-state index is 12.1. The number of hydrogen-bond acceptors (Lipinski definition) is 5. The Kier molecular flexibility index (Phi) is 4.85. The van der Waals surface area contributed by atoms with Crippen molar-refractivity contribution in [1.29, 1.82) is 0 Å². The molecule has 7 heteroatoms. The number of carboxylic acid groups (broad SMARTS) is 1. The lowest BCUT2D eigenvalue weighted by molar-refractivity contribution is -0.126. The average molecular weight is 308 g/mol. The summed E-state index contributed by atoms with van der Waals surface area (Å²) >= 11 is 0.948. The first-order chi connectivity index (χ1) is 10.0. The van der Waals surface area contributed by atoms with Crippen molar-refractivity contribution in [1.82, 2.24) is 4.90 Å². The Bertz CT molecular complexity index is 559. The van der Waals surface area contributed by atoms with E-state index in [0.29, 0.717) is 12.2 Å². The van der Waals surface area contributed by atoms with Crippen LogP contribution in [0.1, 0.15) is 30.1 Å². The molecule has 2 rings (SSSR count). The summed E-state index contributed by atoms with van der Waals surface area (Å²) in [6.45, 7) is 2.44. The Hall–Kier alpha value is -2.02. The number of amides is 2. The number of nitrogens with zero attached hydrogens (tertiary/aromatic N) is 1. The molecule has 0 saturated carbocycles. The summed E-state index contributed by atoms with van der Waals surface area (Å²) in [4.78, 5) is 35.9. The number of benzene rings is 1. The SMILES string of the molecule is CCCCN1C(=O)S[C@H](Nc2ccc(C(=O)O)cc2)C1=O. The van der Waals surface area contributed by atoms with Gasteiger partial charge in [-0.3, -0.25) is 14.5 Å². The van der Waals surface area contributed by atoms with Crippen molar-refractivity contribution < 1.29 is 19.5 Å². The fourth-order valence-electron chi connectivity index (χ4n) is 1.92. The zero-order valence-corrected chi connectivity index (χ0v) is 12.4. The van der Waals surface area contributed by atoms with Gasteiger partial charge in [-0.15, -0.1) is 0 Å². The van der Waals surface area contributed by atoms with E-state index in [1.54, 1.807) is 12.1 Å². The molecule has 0 aromatic heterocycles. The molecular weight excluding hydrogens is 292 g/mol. The maximum Gasteiger partial charge on any atom is 0.335 e. The highest BCUT2D eigenvalue weighted by molar-refractivity contribution is 8.15. The molecule has 21 heavy (non-hydrogen) atoms. The number of carboxylic acids is 1. The summed E-state index contributed by atoms with van der Waals surface area (Å²) < 4.78 is 0. The molecule has 0 aliphatic carbocycles. The van der Waals surface area contributed by atoms with Crippen molar-refractivity contribution in [2.75, 3.05) is 11.9 Å². The number of rotatable bonds is 6. The number of hydrogen-bond donors (Lipinski definition) is 2. The standard InChI is InChI=1S/C14H16N2O4S/c1-2-3-8-16-12(17)11(21-14(16)20)15-10-6-4-9(5-7-10)13(18)19/h4-7,11,15H,2-3,8H2,1H3,(H,18,19)/t11-/m0/s1. The molecule has 0 bridgehead atoms. The lowest BCUT2D eigenvalue weighted by Gasteiger charge is -2.14. The predicted octanol–water partition coefficient (Wildman–Crippen LogP) is 2.62. The van der Waals surface area contributed by atoms with Crippen LogP contribution >= 0.6 is 11.8 Å². The predicted molar refractivity (Wildman–Crippen MR) is 80.4 cm³/mol. The third-order valence-corrected chi connectivity index (χ3v) is 4.07. The van der Waals surface area contributed by atoms with E-state index in [0.717, 1.165) is 24.6 Å². The minimum atomic E-state index is -1.01. The average Bonchev–Trinajstić information content (AvgIpc) is 2.72. The highest BCUT2D eigenvalue weighted by Crippen LogP contribution is 2.28. The molecule has 1 aliphatic heterocycles.